The summed E-state index contributed by atoms with van der Waals surface area (Å²) in [6.07, 6.45) is 2.08. The van der Waals surface area contributed by atoms with E-state index in [1.807, 2.05) is 0 Å². The number of carbonyl (C=O) groups is 1. The molecule has 1 nitrogen and oxygen atoms in total. The van der Waals surface area contributed by atoms with Crippen LogP contribution in [0.2, 0.25) is 0 Å². The summed E-state index contributed by atoms with van der Waals surface area (Å²) in [5, 5.41) is 0. The van der Waals surface area contributed by atoms with Crippen molar-refractivity contribution < 1.29 is 4.79 Å². The maximum atomic E-state index is 9.49. The molecule has 0 aliphatic heterocycles. The van der Waals surface area contributed by atoms with Crippen molar-refractivity contribution >= 4 is 17.9 Å². The van der Waals surface area contributed by atoms with Crippen molar-refractivity contribution in [2.24, 2.45) is 0 Å². The third-order valence-electron chi connectivity index (χ3n) is 0.394. The van der Waals surface area contributed by atoms with E-state index in [1.165, 1.54) is 5.88 Å². The van der Waals surface area contributed by atoms with E-state index < -0.39 is 0 Å². The van der Waals surface area contributed by atoms with Crippen LogP contribution in [-0.2, 0) is 4.79 Å². The van der Waals surface area contributed by atoms with Crippen LogP contribution in [0.3, 0.4) is 0 Å². The van der Waals surface area contributed by atoms with Crippen molar-refractivity contribution in [3.63, 3.8) is 0 Å². The number of hydrogen-bond acceptors (Lipinski definition) is 1. The summed E-state index contributed by atoms with van der Waals surface area (Å²) in [4.78, 5) is 9.49. The van der Waals surface area contributed by atoms with Crippen molar-refractivity contribution in [1.29, 1.82) is 0 Å². The first-order valence-corrected chi connectivity index (χ1v) is 2.21. The number of rotatable bonds is 3. The van der Waals surface area contributed by atoms with Gasteiger partial charge in [-0.1, -0.05) is 0 Å². The van der Waals surface area contributed by atoms with Crippen LogP contribution in [0.15, 0.2) is 0 Å². The molecule has 0 fully saturated rings. The molecule has 0 saturated heterocycles. The van der Waals surface area contributed by atoms with Gasteiger partial charge in [0.15, 0.2) is 0 Å². The van der Waals surface area contributed by atoms with E-state index in [4.69, 9.17) is 11.6 Å². The smallest absolute Gasteiger partial charge is 0.120 e. The predicted molar refractivity (Wildman–Crippen MR) is 25.5 cm³/mol. The molecule has 35 valence electrons. The SMILES string of the molecule is O=CCC[CH]Cl. The van der Waals surface area contributed by atoms with E-state index in [1.54, 1.807) is 0 Å². The molecule has 1 radical (unpaired) electrons. The van der Waals surface area contributed by atoms with Crippen molar-refractivity contribution in [2.75, 3.05) is 0 Å². The van der Waals surface area contributed by atoms with Crippen LogP contribution >= 0.6 is 11.6 Å². The van der Waals surface area contributed by atoms with Crippen LogP contribution < -0.4 is 0 Å². The van der Waals surface area contributed by atoms with Crippen molar-refractivity contribution in [1.82, 2.24) is 0 Å². The van der Waals surface area contributed by atoms with Gasteiger partial charge < -0.3 is 4.79 Å². The lowest BCUT2D eigenvalue weighted by molar-refractivity contribution is -0.107. The summed E-state index contributed by atoms with van der Waals surface area (Å²) in [6.45, 7) is 0. The molecule has 0 aromatic heterocycles. The monoisotopic (exact) mass is 105 g/mol. The maximum Gasteiger partial charge on any atom is 0.120 e. The Hall–Kier alpha value is -0.0400. The summed E-state index contributed by atoms with van der Waals surface area (Å²) < 4.78 is 0. The molecular formula is C4H6ClO. The summed E-state index contributed by atoms with van der Waals surface area (Å²) in [5.74, 6) is 1.45. The van der Waals surface area contributed by atoms with Crippen molar-refractivity contribution in [2.45, 2.75) is 12.8 Å². The Morgan fingerprint density at radius 3 is 2.33 bits per heavy atom. The van der Waals surface area contributed by atoms with Gasteiger partial charge in [-0.2, -0.15) is 0 Å². The first kappa shape index (κ1) is 5.96. The van der Waals surface area contributed by atoms with Gasteiger partial charge in [0.1, 0.15) is 6.29 Å². The Labute approximate surface area is 42.3 Å². The average molecular weight is 106 g/mol. The molecular weight excluding hydrogens is 99.5 g/mol. The highest BCUT2D eigenvalue weighted by Gasteiger charge is 1.77. The first-order chi connectivity index (χ1) is 2.91. The van der Waals surface area contributed by atoms with E-state index in [0.29, 0.717) is 12.8 Å². The average Bonchev–Trinajstić information content (AvgIpc) is 1.61. The number of unbranched alkanes of at least 4 members (excludes halogenated alkanes) is 1. The maximum absolute atomic E-state index is 9.49. The summed E-state index contributed by atoms with van der Waals surface area (Å²) in [6, 6.07) is 0. The molecule has 0 aliphatic rings. The minimum Gasteiger partial charge on any atom is -0.303 e. The van der Waals surface area contributed by atoms with E-state index in [0.717, 1.165) is 6.29 Å². The summed E-state index contributed by atoms with van der Waals surface area (Å²) >= 11 is 5.10. The molecule has 0 rings (SSSR count). The molecule has 0 aliphatic carbocycles. The lowest BCUT2D eigenvalue weighted by atomic mass is 10.4. The zero-order valence-corrected chi connectivity index (χ0v) is 4.11. The molecule has 0 heterocycles. The van der Waals surface area contributed by atoms with Gasteiger partial charge in [0.25, 0.3) is 0 Å². The molecule has 0 N–H and O–H groups in total. The Kier molecular flexibility index (Phi) is 4.93. The quantitative estimate of drug-likeness (QED) is 0.391. The Morgan fingerprint density at radius 2 is 2.17 bits per heavy atom. The van der Waals surface area contributed by atoms with Gasteiger partial charge in [0.2, 0.25) is 0 Å². The number of hydrogen-bond donors (Lipinski definition) is 0. The van der Waals surface area contributed by atoms with Crippen molar-refractivity contribution in [3.8, 4) is 0 Å². The molecule has 2 heteroatoms. The van der Waals surface area contributed by atoms with Crippen LogP contribution in [0.4, 0.5) is 0 Å². The molecule has 0 saturated carbocycles. The predicted octanol–water partition coefficient (Wildman–Crippen LogP) is 1.37. The molecule has 0 aromatic carbocycles. The van der Waals surface area contributed by atoms with Gasteiger partial charge in [0, 0.05) is 6.42 Å². The topological polar surface area (TPSA) is 17.1 Å². The second kappa shape index (κ2) is 4.96. The molecule has 0 atom stereocenters. The van der Waals surface area contributed by atoms with Crippen LogP contribution in [-0.4, -0.2) is 6.29 Å². The first-order valence-electron chi connectivity index (χ1n) is 1.77. The highest BCUT2D eigenvalue weighted by atomic mass is 35.5. The van der Waals surface area contributed by atoms with Gasteiger partial charge in [-0.15, -0.1) is 11.6 Å². The lowest BCUT2D eigenvalue weighted by Gasteiger charge is -1.76. The minimum atomic E-state index is 0.545. The summed E-state index contributed by atoms with van der Waals surface area (Å²) in [5.41, 5.74) is 0. The van der Waals surface area contributed by atoms with Gasteiger partial charge in [-0.3, -0.25) is 0 Å². The highest BCUT2D eigenvalue weighted by molar-refractivity contribution is 6.23. The van der Waals surface area contributed by atoms with E-state index >= 15 is 0 Å². The molecule has 0 bridgehead atoms. The minimum absolute atomic E-state index is 0.545. The van der Waals surface area contributed by atoms with Gasteiger partial charge in [-0.25, -0.2) is 0 Å². The van der Waals surface area contributed by atoms with E-state index in [2.05, 4.69) is 0 Å². The second-order valence-corrected chi connectivity index (χ2v) is 1.21. The second-order valence-electron chi connectivity index (χ2n) is 0.898. The Balaban J connectivity index is 2.49. The fourth-order valence-corrected chi connectivity index (χ4v) is 0.257. The molecule has 0 amide bonds. The third kappa shape index (κ3) is 3.96. The number of aldehydes is 1. The van der Waals surface area contributed by atoms with Gasteiger partial charge in [0.05, 0.1) is 5.88 Å². The molecule has 0 aromatic rings. The zero-order valence-electron chi connectivity index (χ0n) is 3.36. The standard InChI is InChI=1S/C4H6ClO/c5-3-1-2-4-6/h3-4H,1-2H2. The van der Waals surface area contributed by atoms with Crippen LogP contribution in [0, 0.1) is 5.88 Å². The Morgan fingerprint density at radius 1 is 1.50 bits per heavy atom. The fraction of sp³-hybridized carbons (Fsp3) is 0.500. The van der Waals surface area contributed by atoms with Crippen LogP contribution in [0.1, 0.15) is 12.8 Å². The fourth-order valence-electron chi connectivity index (χ4n) is 0.131. The number of halogens is 1. The Bertz CT molecular complexity index is 36.5. The highest BCUT2D eigenvalue weighted by Crippen LogP contribution is 1.92. The summed E-state index contributed by atoms with van der Waals surface area (Å²) in [7, 11) is 0. The largest absolute Gasteiger partial charge is 0.303 e. The normalized spacial score (nSPS) is 8.17. The van der Waals surface area contributed by atoms with Gasteiger partial charge in [-0.05, 0) is 6.42 Å². The van der Waals surface area contributed by atoms with Crippen molar-refractivity contribution in [3.05, 3.63) is 5.88 Å². The van der Waals surface area contributed by atoms with E-state index in [9.17, 15) is 4.79 Å². The number of carbonyl (C=O) groups excluding carboxylic acids is 1. The third-order valence-corrected chi connectivity index (χ3v) is 0.612. The van der Waals surface area contributed by atoms with Gasteiger partial charge >= 0.3 is 0 Å². The lowest BCUT2D eigenvalue weighted by Crippen LogP contribution is -1.69. The van der Waals surface area contributed by atoms with E-state index in [-0.39, 0.29) is 0 Å². The molecule has 0 spiro atoms. The van der Waals surface area contributed by atoms with Crippen LogP contribution in [0.5, 0.6) is 0 Å². The van der Waals surface area contributed by atoms with Crippen LogP contribution in [0.25, 0.3) is 0 Å². The zero-order chi connectivity index (χ0) is 4.83. The molecule has 6 heavy (non-hydrogen) atoms. The molecule has 0 unspecified atom stereocenters.